The topological polar surface area (TPSA) is 59.5 Å². The Kier molecular flexibility index (Phi) is 6.50. The standard InChI is InChI=1S/C21H30N4O2/c1-15(2)27-19-8-7-18(11-20(19)26-4)16(3)22-12-17-13-23-21(24-14-17)25-9-5-6-10-25/h7-8,11,13-16,22H,5-6,9-10,12H2,1-4H3/t16-/m0/s1. The van der Waals surface area contributed by atoms with Crippen LogP contribution in [0, 0.1) is 0 Å². The highest BCUT2D eigenvalue weighted by atomic mass is 16.5. The van der Waals surface area contributed by atoms with Crippen LogP contribution in [0.2, 0.25) is 0 Å². The zero-order chi connectivity index (χ0) is 19.2. The van der Waals surface area contributed by atoms with E-state index in [2.05, 4.69) is 33.2 Å². The number of nitrogens with one attached hydrogen (secondary N) is 1. The molecule has 2 aromatic rings. The summed E-state index contributed by atoms with van der Waals surface area (Å²) in [5.41, 5.74) is 2.23. The number of nitrogens with zero attached hydrogens (tertiary/aromatic N) is 3. The molecule has 6 heteroatoms. The Morgan fingerprint density at radius 3 is 2.41 bits per heavy atom. The summed E-state index contributed by atoms with van der Waals surface area (Å²) in [5, 5.41) is 3.53. The molecule has 1 fully saturated rings. The molecule has 0 radical (unpaired) electrons. The van der Waals surface area contributed by atoms with Crippen LogP contribution in [0.4, 0.5) is 5.95 Å². The molecule has 0 aliphatic carbocycles. The zero-order valence-corrected chi connectivity index (χ0v) is 16.7. The van der Waals surface area contributed by atoms with Crippen LogP contribution in [0.15, 0.2) is 30.6 Å². The van der Waals surface area contributed by atoms with E-state index in [1.54, 1.807) is 7.11 Å². The molecule has 0 bridgehead atoms. The van der Waals surface area contributed by atoms with Gasteiger partial charge in [0, 0.05) is 43.6 Å². The molecule has 0 amide bonds. The number of hydrogen-bond acceptors (Lipinski definition) is 6. The Labute approximate surface area is 161 Å². The Balaban J connectivity index is 1.59. The highest BCUT2D eigenvalue weighted by Crippen LogP contribution is 2.31. The normalized spacial score (nSPS) is 15.2. The lowest BCUT2D eigenvalue weighted by atomic mass is 10.1. The van der Waals surface area contributed by atoms with Crippen molar-refractivity contribution in [1.29, 1.82) is 0 Å². The first-order valence-corrected chi connectivity index (χ1v) is 9.70. The Morgan fingerprint density at radius 1 is 1.07 bits per heavy atom. The molecule has 1 N–H and O–H groups in total. The van der Waals surface area contributed by atoms with Gasteiger partial charge in [0.05, 0.1) is 13.2 Å². The van der Waals surface area contributed by atoms with E-state index in [4.69, 9.17) is 9.47 Å². The Morgan fingerprint density at radius 2 is 1.78 bits per heavy atom. The zero-order valence-electron chi connectivity index (χ0n) is 16.7. The lowest BCUT2D eigenvalue weighted by molar-refractivity contribution is 0.230. The van der Waals surface area contributed by atoms with Crippen molar-refractivity contribution in [3.05, 3.63) is 41.7 Å². The number of aromatic nitrogens is 2. The van der Waals surface area contributed by atoms with Gasteiger partial charge in [-0.15, -0.1) is 0 Å². The minimum absolute atomic E-state index is 0.115. The second kappa shape index (κ2) is 9.04. The molecule has 27 heavy (non-hydrogen) atoms. The molecule has 1 aliphatic rings. The summed E-state index contributed by atoms with van der Waals surface area (Å²) in [7, 11) is 1.67. The lowest BCUT2D eigenvalue weighted by Gasteiger charge is -2.18. The van der Waals surface area contributed by atoms with E-state index in [1.165, 1.54) is 12.8 Å². The van der Waals surface area contributed by atoms with Gasteiger partial charge in [0.25, 0.3) is 0 Å². The fourth-order valence-corrected chi connectivity index (χ4v) is 3.21. The van der Waals surface area contributed by atoms with Crippen LogP contribution in [-0.2, 0) is 6.54 Å². The summed E-state index contributed by atoms with van der Waals surface area (Å²) in [6.45, 7) is 8.99. The number of methoxy groups -OCH3 is 1. The number of rotatable bonds is 8. The smallest absolute Gasteiger partial charge is 0.225 e. The molecule has 1 aromatic carbocycles. The molecule has 1 atom stereocenters. The van der Waals surface area contributed by atoms with E-state index >= 15 is 0 Å². The van der Waals surface area contributed by atoms with E-state index in [0.717, 1.165) is 41.7 Å². The van der Waals surface area contributed by atoms with Gasteiger partial charge in [-0.25, -0.2) is 9.97 Å². The van der Waals surface area contributed by atoms with Crippen molar-refractivity contribution in [2.45, 2.75) is 52.3 Å². The number of hydrogen-bond donors (Lipinski definition) is 1. The summed E-state index contributed by atoms with van der Waals surface area (Å²) >= 11 is 0. The second-order valence-electron chi connectivity index (χ2n) is 7.26. The molecule has 3 rings (SSSR count). The molecular formula is C21H30N4O2. The van der Waals surface area contributed by atoms with E-state index < -0.39 is 0 Å². The minimum Gasteiger partial charge on any atom is -0.493 e. The van der Waals surface area contributed by atoms with Crippen LogP contribution in [-0.4, -0.2) is 36.3 Å². The van der Waals surface area contributed by atoms with Gasteiger partial charge < -0.3 is 19.7 Å². The van der Waals surface area contributed by atoms with Crippen molar-refractivity contribution in [3.8, 4) is 11.5 Å². The largest absolute Gasteiger partial charge is 0.493 e. The van der Waals surface area contributed by atoms with Gasteiger partial charge in [-0.3, -0.25) is 0 Å². The molecule has 1 saturated heterocycles. The van der Waals surface area contributed by atoms with Gasteiger partial charge >= 0.3 is 0 Å². The van der Waals surface area contributed by atoms with Gasteiger partial charge in [-0.2, -0.15) is 0 Å². The quantitative estimate of drug-likeness (QED) is 0.764. The molecule has 0 saturated carbocycles. The predicted octanol–water partition coefficient (Wildman–Crippen LogP) is 3.72. The first-order chi connectivity index (χ1) is 13.1. The number of ether oxygens (including phenoxy) is 2. The van der Waals surface area contributed by atoms with Gasteiger partial charge in [0.1, 0.15) is 0 Å². The molecule has 146 valence electrons. The lowest BCUT2D eigenvalue weighted by Crippen LogP contribution is -2.21. The third-order valence-electron chi connectivity index (χ3n) is 4.74. The molecule has 1 aliphatic heterocycles. The number of anilines is 1. The highest BCUT2D eigenvalue weighted by Gasteiger charge is 2.15. The van der Waals surface area contributed by atoms with Gasteiger partial charge in [-0.05, 0) is 51.3 Å². The average molecular weight is 370 g/mol. The maximum Gasteiger partial charge on any atom is 0.225 e. The first-order valence-electron chi connectivity index (χ1n) is 9.70. The summed E-state index contributed by atoms with van der Waals surface area (Å²) in [6, 6.07) is 6.25. The van der Waals surface area contributed by atoms with Crippen LogP contribution in [0.1, 0.15) is 50.8 Å². The highest BCUT2D eigenvalue weighted by molar-refractivity contribution is 5.44. The summed E-state index contributed by atoms with van der Waals surface area (Å²) in [5.74, 6) is 2.37. The van der Waals surface area contributed by atoms with Crippen LogP contribution in [0.25, 0.3) is 0 Å². The average Bonchev–Trinajstić information content (AvgIpc) is 3.21. The third kappa shape index (κ3) is 5.10. The van der Waals surface area contributed by atoms with E-state index in [1.807, 2.05) is 38.4 Å². The fourth-order valence-electron chi connectivity index (χ4n) is 3.21. The van der Waals surface area contributed by atoms with Gasteiger partial charge in [-0.1, -0.05) is 6.07 Å². The van der Waals surface area contributed by atoms with E-state index in [0.29, 0.717) is 6.54 Å². The van der Waals surface area contributed by atoms with Crippen LogP contribution < -0.4 is 19.7 Å². The minimum atomic E-state index is 0.115. The molecule has 1 aromatic heterocycles. The van der Waals surface area contributed by atoms with E-state index in [9.17, 15) is 0 Å². The van der Waals surface area contributed by atoms with Crippen LogP contribution in [0.3, 0.4) is 0 Å². The third-order valence-corrected chi connectivity index (χ3v) is 4.74. The molecular weight excluding hydrogens is 340 g/mol. The van der Waals surface area contributed by atoms with Crippen molar-refractivity contribution in [1.82, 2.24) is 15.3 Å². The molecule has 0 unspecified atom stereocenters. The second-order valence-corrected chi connectivity index (χ2v) is 7.26. The van der Waals surface area contributed by atoms with Crippen molar-refractivity contribution in [2.75, 3.05) is 25.1 Å². The van der Waals surface area contributed by atoms with Gasteiger partial charge in [0.15, 0.2) is 11.5 Å². The monoisotopic (exact) mass is 370 g/mol. The van der Waals surface area contributed by atoms with Crippen molar-refractivity contribution < 1.29 is 9.47 Å². The maximum absolute atomic E-state index is 5.79. The molecule has 0 spiro atoms. The summed E-state index contributed by atoms with van der Waals surface area (Å²) in [4.78, 5) is 11.3. The molecule has 2 heterocycles. The SMILES string of the molecule is COc1cc([C@H](C)NCc2cnc(N3CCCC3)nc2)ccc1OC(C)C. The van der Waals surface area contributed by atoms with Crippen LogP contribution >= 0.6 is 0 Å². The number of benzene rings is 1. The van der Waals surface area contributed by atoms with Crippen molar-refractivity contribution in [2.24, 2.45) is 0 Å². The predicted molar refractivity (Wildman–Crippen MR) is 107 cm³/mol. The van der Waals surface area contributed by atoms with Crippen LogP contribution in [0.5, 0.6) is 11.5 Å². The summed E-state index contributed by atoms with van der Waals surface area (Å²) < 4.78 is 11.3. The fraction of sp³-hybridized carbons (Fsp3) is 0.524. The van der Waals surface area contributed by atoms with Crippen molar-refractivity contribution >= 4 is 5.95 Å². The van der Waals surface area contributed by atoms with Gasteiger partial charge in [0.2, 0.25) is 5.95 Å². The van der Waals surface area contributed by atoms with E-state index in [-0.39, 0.29) is 12.1 Å². The molecule has 6 nitrogen and oxygen atoms in total. The Hall–Kier alpha value is -2.34. The Bertz CT molecular complexity index is 727. The maximum atomic E-state index is 5.79. The van der Waals surface area contributed by atoms with Crippen molar-refractivity contribution in [3.63, 3.8) is 0 Å². The first kappa shape index (κ1) is 19.4. The summed E-state index contributed by atoms with van der Waals surface area (Å²) in [6.07, 6.45) is 6.41.